The van der Waals surface area contributed by atoms with Crippen molar-refractivity contribution in [1.82, 2.24) is 10.6 Å². The van der Waals surface area contributed by atoms with Crippen molar-refractivity contribution in [3.63, 3.8) is 0 Å². The van der Waals surface area contributed by atoms with Crippen LogP contribution in [-0.2, 0) is 21.5 Å². The van der Waals surface area contributed by atoms with Gasteiger partial charge in [-0.1, -0.05) is 18.2 Å². The molecule has 1 saturated heterocycles. The zero-order valence-electron chi connectivity index (χ0n) is 15.8. The summed E-state index contributed by atoms with van der Waals surface area (Å²) in [5.41, 5.74) is 0.798. The maximum Gasteiger partial charge on any atom is 0.322 e. The Kier molecular flexibility index (Phi) is 5.21. The van der Waals surface area contributed by atoms with Gasteiger partial charge in [-0.25, -0.2) is 4.79 Å². The summed E-state index contributed by atoms with van der Waals surface area (Å²) in [6.07, 6.45) is 0.130. The van der Waals surface area contributed by atoms with Gasteiger partial charge in [0, 0.05) is 17.3 Å². The quantitative estimate of drug-likeness (QED) is 0.661. The third-order valence-electron chi connectivity index (χ3n) is 4.64. The highest BCUT2D eigenvalue weighted by Crippen LogP contribution is 2.27. The molecule has 8 nitrogen and oxygen atoms in total. The topological polar surface area (TPSA) is 106 Å². The molecule has 8 heteroatoms. The van der Waals surface area contributed by atoms with Gasteiger partial charge in [-0.15, -0.1) is 0 Å². The van der Waals surface area contributed by atoms with Crippen LogP contribution in [0.3, 0.4) is 0 Å². The number of amides is 4. The first-order valence-electron chi connectivity index (χ1n) is 8.60. The summed E-state index contributed by atoms with van der Waals surface area (Å²) in [5, 5.41) is 7.63. The first-order valence-corrected chi connectivity index (χ1v) is 8.60. The molecule has 2 aromatic carbocycles. The van der Waals surface area contributed by atoms with Crippen LogP contribution < -0.4 is 25.4 Å². The molecule has 0 unspecified atom stereocenters. The Morgan fingerprint density at radius 1 is 1.07 bits per heavy atom. The summed E-state index contributed by atoms with van der Waals surface area (Å²) in [6.45, 7) is 1.62. The molecule has 146 valence electrons. The molecule has 0 radical (unpaired) electrons. The fourth-order valence-electron chi connectivity index (χ4n) is 3.01. The van der Waals surface area contributed by atoms with E-state index >= 15 is 0 Å². The molecule has 1 atom stereocenters. The van der Waals surface area contributed by atoms with Crippen molar-refractivity contribution in [3.8, 4) is 11.5 Å². The Bertz CT molecular complexity index is 926. The summed E-state index contributed by atoms with van der Waals surface area (Å²) >= 11 is 0. The van der Waals surface area contributed by atoms with Crippen LogP contribution in [0.15, 0.2) is 42.5 Å². The second-order valence-electron chi connectivity index (χ2n) is 6.51. The van der Waals surface area contributed by atoms with Gasteiger partial charge in [0.2, 0.25) is 5.91 Å². The third-order valence-corrected chi connectivity index (χ3v) is 4.64. The number of imide groups is 1. The van der Waals surface area contributed by atoms with Gasteiger partial charge in [-0.05, 0) is 30.7 Å². The lowest BCUT2D eigenvalue weighted by molar-refractivity contribution is -0.123. The van der Waals surface area contributed by atoms with E-state index in [1.165, 1.54) is 7.11 Å². The average Bonchev–Trinajstić information content (AvgIpc) is 2.95. The third kappa shape index (κ3) is 3.75. The molecular weight excluding hydrogens is 362 g/mol. The minimum Gasteiger partial charge on any atom is -0.497 e. The Morgan fingerprint density at radius 2 is 1.79 bits per heavy atom. The molecule has 1 aliphatic heterocycles. The highest BCUT2D eigenvalue weighted by Gasteiger charge is 2.43. The normalized spacial score (nSPS) is 18.2. The van der Waals surface area contributed by atoms with Crippen LogP contribution in [0.4, 0.5) is 10.5 Å². The number of benzene rings is 2. The summed E-state index contributed by atoms with van der Waals surface area (Å²) in [6, 6.07) is 11.5. The highest BCUT2D eigenvalue weighted by molar-refractivity contribution is 6.07. The number of methoxy groups -OCH3 is 2. The predicted molar refractivity (Wildman–Crippen MR) is 102 cm³/mol. The van der Waals surface area contributed by atoms with Gasteiger partial charge >= 0.3 is 6.03 Å². The molecule has 2 aromatic rings. The van der Waals surface area contributed by atoms with E-state index in [1.54, 1.807) is 56.5 Å². The molecule has 3 N–H and O–H groups in total. The van der Waals surface area contributed by atoms with Crippen molar-refractivity contribution in [2.24, 2.45) is 0 Å². The number of ether oxygens (including phenoxy) is 2. The summed E-state index contributed by atoms with van der Waals surface area (Å²) < 4.78 is 10.5. The van der Waals surface area contributed by atoms with Crippen LogP contribution in [-0.4, -0.2) is 32.1 Å². The number of nitrogens with one attached hydrogen (secondary N) is 3. The fraction of sp³-hybridized carbons (Fsp3) is 0.250. The van der Waals surface area contributed by atoms with Crippen molar-refractivity contribution < 1.29 is 23.9 Å². The minimum atomic E-state index is -1.13. The van der Waals surface area contributed by atoms with E-state index in [1.807, 2.05) is 0 Å². The number of carbonyl (C=O) groups excluding carboxylic acids is 3. The zero-order valence-corrected chi connectivity index (χ0v) is 15.8. The van der Waals surface area contributed by atoms with Crippen LogP contribution in [0, 0.1) is 0 Å². The smallest absolute Gasteiger partial charge is 0.322 e. The molecule has 1 heterocycles. The number of hydrogen-bond donors (Lipinski definition) is 3. The average molecular weight is 383 g/mol. The molecule has 1 fully saturated rings. The second kappa shape index (κ2) is 7.59. The van der Waals surface area contributed by atoms with Crippen LogP contribution in [0.2, 0.25) is 0 Å². The van der Waals surface area contributed by atoms with Crippen LogP contribution in [0.25, 0.3) is 0 Å². The molecule has 0 bridgehead atoms. The van der Waals surface area contributed by atoms with Crippen molar-refractivity contribution in [3.05, 3.63) is 53.6 Å². The second-order valence-corrected chi connectivity index (χ2v) is 6.51. The predicted octanol–water partition coefficient (Wildman–Crippen LogP) is 1.94. The molecule has 1 aliphatic rings. The van der Waals surface area contributed by atoms with E-state index in [0.717, 1.165) is 5.56 Å². The summed E-state index contributed by atoms with van der Waals surface area (Å²) in [7, 11) is 3.10. The Labute approximate surface area is 162 Å². The monoisotopic (exact) mass is 383 g/mol. The first kappa shape index (κ1) is 19.2. The Balaban J connectivity index is 1.68. The van der Waals surface area contributed by atoms with Crippen molar-refractivity contribution in [1.29, 1.82) is 0 Å². The van der Waals surface area contributed by atoms with E-state index in [4.69, 9.17) is 9.47 Å². The van der Waals surface area contributed by atoms with Crippen LogP contribution in [0.5, 0.6) is 11.5 Å². The van der Waals surface area contributed by atoms with Gasteiger partial charge in [-0.3, -0.25) is 14.9 Å². The van der Waals surface area contributed by atoms with E-state index < -0.39 is 17.5 Å². The van der Waals surface area contributed by atoms with Crippen molar-refractivity contribution in [2.45, 2.75) is 18.9 Å². The number of anilines is 1. The fourth-order valence-corrected chi connectivity index (χ4v) is 3.01. The van der Waals surface area contributed by atoms with Gasteiger partial charge < -0.3 is 20.1 Å². The number of hydrogen-bond acceptors (Lipinski definition) is 5. The van der Waals surface area contributed by atoms with E-state index in [2.05, 4.69) is 16.0 Å². The number of urea groups is 1. The molecular formula is C20H21N3O5. The highest BCUT2D eigenvalue weighted by atomic mass is 16.5. The molecule has 28 heavy (non-hydrogen) atoms. The van der Waals surface area contributed by atoms with Crippen LogP contribution >= 0.6 is 0 Å². The lowest BCUT2D eigenvalue weighted by Gasteiger charge is -2.21. The molecule has 0 spiro atoms. The summed E-state index contributed by atoms with van der Waals surface area (Å²) in [4.78, 5) is 35.8. The molecule has 4 amide bonds. The maximum atomic E-state index is 12.4. The number of rotatable bonds is 6. The first-order chi connectivity index (χ1) is 13.4. The van der Waals surface area contributed by atoms with Gasteiger partial charge in [0.15, 0.2) is 0 Å². The zero-order chi connectivity index (χ0) is 20.3. The maximum absolute atomic E-state index is 12.4. The van der Waals surface area contributed by atoms with E-state index in [9.17, 15) is 14.4 Å². The van der Waals surface area contributed by atoms with Gasteiger partial charge in [-0.2, -0.15) is 0 Å². The van der Waals surface area contributed by atoms with E-state index in [0.29, 0.717) is 22.7 Å². The van der Waals surface area contributed by atoms with Crippen molar-refractivity contribution >= 4 is 23.5 Å². The van der Waals surface area contributed by atoms with E-state index in [-0.39, 0.29) is 12.3 Å². The van der Waals surface area contributed by atoms with Gasteiger partial charge in [0.1, 0.15) is 17.0 Å². The molecule has 0 aliphatic carbocycles. The largest absolute Gasteiger partial charge is 0.497 e. The minimum absolute atomic E-state index is 0.130. The molecule has 0 aromatic heterocycles. The molecule has 3 rings (SSSR count). The van der Waals surface area contributed by atoms with Crippen LogP contribution in [0.1, 0.15) is 18.1 Å². The number of carbonyl (C=O) groups is 3. The lowest BCUT2D eigenvalue weighted by Crippen LogP contribution is -2.40. The van der Waals surface area contributed by atoms with Gasteiger partial charge in [0.25, 0.3) is 5.91 Å². The van der Waals surface area contributed by atoms with Gasteiger partial charge in [0.05, 0.1) is 20.6 Å². The van der Waals surface area contributed by atoms with Crippen molar-refractivity contribution in [2.75, 3.05) is 19.5 Å². The Morgan fingerprint density at radius 3 is 2.36 bits per heavy atom. The Hall–Kier alpha value is -3.55. The standard InChI is InChI=1S/C20H21N3O5/c1-20(18(25)22-19(26)23-20)13-5-7-14(8-6-13)21-17(24)10-12-4-9-15(27-2)11-16(12)28-3/h4-9,11H,10H2,1-3H3,(H,21,24)(H2,22,23,25,26)/t20-/m0/s1. The lowest BCUT2D eigenvalue weighted by atomic mass is 9.92. The summed E-state index contributed by atoms with van der Waals surface area (Å²) in [5.74, 6) is 0.587. The SMILES string of the molecule is COc1ccc(CC(=O)Nc2ccc([C@]3(C)NC(=O)NC3=O)cc2)c(OC)c1. The molecule has 0 saturated carbocycles.